The Bertz CT molecular complexity index is 479. The number of nitrogens with zero attached hydrogens (tertiary/aromatic N) is 1. The van der Waals surface area contributed by atoms with Crippen molar-refractivity contribution in [2.75, 3.05) is 6.54 Å². The number of hydrogen-bond acceptors (Lipinski definition) is 3. The first kappa shape index (κ1) is 18.9. The van der Waals surface area contributed by atoms with E-state index < -0.39 is 23.0 Å². The maximum absolute atomic E-state index is 12.6. The lowest BCUT2D eigenvalue weighted by Gasteiger charge is -2.75. The predicted octanol–water partition coefficient (Wildman–Crippen LogP) is 3.38. The molecule has 1 aliphatic carbocycles. The van der Waals surface area contributed by atoms with Crippen molar-refractivity contribution in [2.45, 2.75) is 84.1 Å². The molecule has 3 atom stereocenters. The van der Waals surface area contributed by atoms with Crippen molar-refractivity contribution in [3.8, 4) is 0 Å². The van der Waals surface area contributed by atoms with Gasteiger partial charge in [-0.05, 0) is 46.0 Å². The third-order valence-electron chi connectivity index (χ3n) is 5.85. The lowest BCUT2D eigenvalue weighted by molar-refractivity contribution is -0.238. The third kappa shape index (κ3) is 2.57. The number of carbonyl (C=O) groups is 1. The zero-order valence-corrected chi connectivity index (χ0v) is 16.3. The Hall–Kier alpha value is -0.460. The van der Waals surface area contributed by atoms with Crippen LogP contribution in [0.4, 0.5) is 4.79 Å². The Labute approximate surface area is 143 Å². The molecule has 1 heterocycles. The Morgan fingerprint density at radius 3 is 2.09 bits per heavy atom. The minimum atomic E-state index is -1.23. The van der Waals surface area contributed by atoms with Gasteiger partial charge in [0.25, 0.3) is 0 Å². The standard InChI is InChI=1S/C17H32N2O3S/c1-12(18-23(22)15(5,6)7)17(14(2,3)4)16(9-8-10-16)11-19(17)13(20)21/h12,18H,8-11H2,1-7H3,(H,20,21)/t12-,17?,23?/m0/s1. The minimum Gasteiger partial charge on any atom is -0.598 e. The molecule has 2 fully saturated rings. The van der Waals surface area contributed by atoms with Gasteiger partial charge in [0, 0.05) is 23.3 Å². The van der Waals surface area contributed by atoms with Crippen LogP contribution in [0.3, 0.4) is 0 Å². The fourth-order valence-electron chi connectivity index (χ4n) is 5.07. The number of amides is 1. The average molecular weight is 345 g/mol. The largest absolute Gasteiger partial charge is 0.598 e. The van der Waals surface area contributed by atoms with Gasteiger partial charge in [0.1, 0.15) is 4.75 Å². The van der Waals surface area contributed by atoms with Crippen molar-refractivity contribution < 1.29 is 14.5 Å². The number of hydrogen-bond donors (Lipinski definition) is 2. The van der Waals surface area contributed by atoms with Gasteiger partial charge in [0.15, 0.2) is 0 Å². The summed E-state index contributed by atoms with van der Waals surface area (Å²) in [6.45, 7) is 14.7. The van der Waals surface area contributed by atoms with Crippen LogP contribution in [0.15, 0.2) is 0 Å². The quantitative estimate of drug-likeness (QED) is 0.770. The summed E-state index contributed by atoms with van der Waals surface area (Å²) in [5, 5.41) is 9.75. The fraction of sp³-hybridized carbons (Fsp3) is 0.941. The van der Waals surface area contributed by atoms with E-state index in [1.807, 2.05) is 27.7 Å². The summed E-state index contributed by atoms with van der Waals surface area (Å²) in [5.74, 6) is 0. The highest BCUT2D eigenvalue weighted by Crippen LogP contribution is 2.66. The highest BCUT2D eigenvalue weighted by atomic mass is 32.2. The van der Waals surface area contributed by atoms with Crippen LogP contribution < -0.4 is 4.72 Å². The lowest BCUT2D eigenvalue weighted by atomic mass is 9.42. The first-order chi connectivity index (χ1) is 10.3. The summed E-state index contributed by atoms with van der Waals surface area (Å²) < 4.78 is 15.5. The Balaban J connectivity index is 2.41. The highest BCUT2D eigenvalue weighted by molar-refractivity contribution is 7.90. The van der Waals surface area contributed by atoms with Gasteiger partial charge in [0.05, 0.1) is 11.6 Å². The minimum absolute atomic E-state index is 0.0259. The van der Waals surface area contributed by atoms with Crippen molar-refractivity contribution in [1.29, 1.82) is 0 Å². The van der Waals surface area contributed by atoms with Gasteiger partial charge in [-0.2, -0.15) is 0 Å². The molecule has 2 aliphatic rings. The molecule has 6 heteroatoms. The van der Waals surface area contributed by atoms with Crippen LogP contribution in [0, 0.1) is 10.8 Å². The van der Waals surface area contributed by atoms with Gasteiger partial charge in [-0.25, -0.2) is 4.79 Å². The smallest absolute Gasteiger partial charge is 0.407 e. The summed E-state index contributed by atoms with van der Waals surface area (Å²) in [6.07, 6.45) is 2.40. The molecule has 2 N–H and O–H groups in total. The van der Waals surface area contributed by atoms with Crippen molar-refractivity contribution in [1.82, 2.24) is 9.62 Å². The summed E-state index contributed by atoms with van der Waals surface area (Å²) in [5.41, 5.74) is -0.734. The van der Waals surface area contributed by atoms with Gasteiger partial charge >= 0.3 is 6.09 Å². The number of carboxylic acid groups (broad SMARTS) is 1. The van der Waals surface area contributed by atoms with E-state index in [0.29, 0.717) is 6.54 Å². The first-order valence-corrected chi connectivity index (χ1v) is 9.63. The van der Waals surface area contributed by atoms with Crippen LogP contribution in [0.5, 0.6) is 0 Å². The molecule has 134 valence electrons. The van der Waals surface area contributed by atoms with E-state index in [1.54, 1.807) is 4.90 Å². The van der Waals surface area contributed by atoms with Crippen LogP contribution >= 0.6 is 0 Å². The van der Waals surface area contributed by atoms with Crippen LogP contribution in [0.1, 0.15) is 67.7 Å². The molecule has 2 unspecified atom stereocenters. The number of rotatable bonds is 3. The highest BCUT2D eigenvalue weighted by Gasteiger charge is 2.74. The monoisotopic (exact) mass is 344 g/mol. The summed E-state index contributed by atoms with van der Waals surface area (Å²) in [4.78, 5) is 13.5. The lowest BCUT2D eigenvalue weighted by Crippen LogP contribution is -2.87. The van der Waals surface area contributed by atoms with E-state index in [4.69, 9.17) is 0 Å². The van der Waals surface area contributed by atoms with Crippen LogP contribution in [0.25, 0.3) is 0 Å². The van der Waals surface area contributed by atoms with Gasteiger partial charge in [-0.1, -0.05) is 27.2 Å². The molecule has 23 heavy (non-hydrogen) atoms. The zero-order chi connectivity index (χ0) is 17.8. The molecule has 1 spiro atoms. The van der Waals surface area contributed by atoms with Gasteiger partial charge < -0.3 is 9.66 Å². The van der Waals surface area contributed by atoms with E-state index in [2.05, 4.69) is 25.5 Å². The molecular formula is C17H32N2O3S. The Morgan fingerprint density at radius 2 is 1.78 bits per heavy atom. The van der Waals surface area contributed by atoms with E-state index in [9.17, 15) is 14.5 Å². The van der Waals surface area contributed by atoms with Crippen molar-refractivity contribution in [2.24, 2.45) is 10.8 Å². The number of nitrogens with one attached hydrogen (secondary N) is 1. The van der Waals surface area contributed by atoms with Crippen molar-refractivity contribution in [3.63, 3.8) is 0 Å². The molecule has 0 bridgehead atoms. The average Bonchev–Trinajstić information content (AvgIpc) is 2.21. The van der Waals surface area contributed by atoms with Gasteiger partial charge in [0.2, 0.25) is 0 Å². The third-order valence-corrected chi connectivity index (χ3v) is 7.53. The number of likely N-dealkylation sites (tertiary alicyclic amines) is 1. The molecule has 0 aromatic carbocycles. The van der Waals surface area contributed by atoms with E-state index in [-0.39, 0.29) is 21.6 Å². The SMILES string of the molecule is C[C@H](N[S+]([O-])C(C)(C)C)C1(C(C)(C)C)N(C(=O)O)CC12CCC2. The molecule has 1 amide bonds. The molecule has 2 rings (SSSR count). The molecule has 5 nitrogen and oxygen atoms in total. The Morgan fingerprint density at radius 1 is 1.26 bits per heavy atom. The predicted molar refractivity (Wildman–Crippen MR) is 93.7 cm³/mol. The Kier molecular flexibility index (Phi) is 4.54. The topological polar surface area (TPSA) is 75.6 Å². The maximum atomic E-state index is 12.6. The molecule has 0 aromatic rings. The second kappa shape index (κ2) is 5.53. The van der Waals surface area contributed by atoms with E-state index >= 15 is 0 Å². The van der Waals surface area contributed by atoms with Crippen molar-refractivity contribution >= 4 is 17.5 Å². The van der Waals surface area contributed by atoms with Crippen LogP contribution in [-0.2, 0) is 11.4 Å². The molecule has 0 aromatic heterocycles. The fourth-order valence-corrected chi connectivity index (χ4v) is 5.91. The van der Waals surface area contributed by atoms with Crippen LogP contribution in [-0.4, -0.2) is 43.5 Å². The second-order valence-electron chi connectivity index (χ2n) is 9.24. The molecular weight excluding hydrogens is 312 g/mol. The molecule has 1 aliphatic heterocycles. The van der Waals surface area contributed by atoms with Crippen LogP contribution in [0.2, 0.25) is 0 Å². The normalized spacial score (nSPS) is 29.7. The summed E-state index contributed by atoms with van der Waals surface area (Å²) >= 11 is -1.23. The zero-order valence-electron chi connectivity index (χ0n) is 15.5. The first-order valence-electron chi connectivity index (χ1n) is 8.48. The van der Waals surface area contributed by atoms with Crippen molar-refractivity contribution in [3.05, 3.63) is 0 Å². The molecule has 0 radical (unpaired) electrons. The maximum Gasteiger partial charge on any atom is 0.407 e. The molecule has 1 saturated carbocycles. The van der Waals surface area contributed by atoms with E-state index in [0.717, 1.165) is 19.3 Å². The molecule has 1 saturated heterocycles. The second-order valence-corrected chi connectivity index (χ2v) is 11.2. The van der Waals surface area contributed by atoms with Gasteiger partial charge in [-0.3, -0.25) is 4.90 Å². The summed E-state index contributed by atoms with van der Waals surface area (Å²) in [6, 6.07) is -0.173. The van der Waals surface area contributed by atoms with Gasteiger partial charge in [-0.15, -0.1) is 4.72 Å². The van der Waals surface area contributed by atoms with E-state index in [1.165, 1.54) is 0 Å². The summed E-state index contributed by atoms with van der Waals surface area (Å²) in [7, 11) is 0.